The van der Waals surface area contributed by atoms with Gasteiger partial charge in [0.25, 0.3) is 0 Å². The molecule has 2 aromatic heterocycles. The van der Waals surface area contributed by atoms with Crippen LogP contribution in [-0.2, 0) is 6.42 Å². The van der Waals surface area contributed by atoms with Gasteiger partial charge in [-0.15, -0.1) is 0 Å². The van der Waals surface area contributed by atoms with Crippen LogP contribution in [0.3, 0.4) is 0 Å². The van der Waals surface area contributed by atoms with Crippen molar-refractivity contribution in [1.29, 1.82) is 0 Å². The van der Waals surface area contributed by atoms with Crippen molar-refractivity contribution in [3.8, 4) is 11.4 Å². The first kappa shape index (κ1) is 13.8. The lowest BCUT2D eigenvalue weighted by atomic mass is 10.2. The van der Waals surface area contributed by atoms with Crippen molar-refractivity contribution in [1.82, 2.24) is 25.5 Å². The smallest absolute Gasteiger partial charge is 0.222 e. The highest BCUT2D eigenvalue weighted by Gasteiger charge is 2.23. The van der Waals surface area contributed by atoms with Crippen LogP contribution in [0.15, 0.2) is 12.1 Å². The van der Waals surface area contributed by atoms with E-state index in [1.165, 1.54) is 0 Å². The molecule has 7 nitrogen and oxygen atoms in total. The van der Waals surface area contributed by atoms with Crippen LogP contribution in [0, 0.1) is 0 Å². The van der Waals surface area contributed by atoms with E-state index in [1.54, 1.807) is 0 Å². The van der Waals surface area contributed by atoms with Crippen molar-refractivity contribution in [3.05, 3.63) is 17.8 Å². The number of hydrogen-bond acceptors (Lipinski definition) is 6. The number of nitrogen functional groups attached to an aromatic ring is 1. The third-order valence-corrected chi connectivity index (χ3v) is 3.92. The molecule has 0 aliphatic carbocycles. The van der Waals surface area contributed by atoms with Crippen molar-refractivity contribution in [2.24, 2.45) is 0 Å². The molecule has 1 atom stereocenters. The maximum Gasteiger partial charge on any atom is 0.222 e. The summed E-state index contributed by atoms with van der Waals surface area (Å²) in [7, 11) is 1.99. The Labute approximate surface area is 124 Å². The number of H-pyrrole nitrogens is 1. The van der Waals surface area contributed by atoms with Crippen LogP contribution >= 0.6 is 0 Å². The molecule has 2 aromatic rings. The van der Waals surface area contributed by atoms with Gasteiger partial charge >= 0.3 is 0 Å². The Hall–Kier alpha value is -2.15. The van der Waals surface area contributed by atoms with Crippen molar-refractivity contribution in [2.75, 3.05) is 30.8 Å². The van der Waals surface area contributed by atoms with Crippen LogP contribution in [0.25, 0.3) is 11.4 Å². The van der Waals surface area contributed by atoms with Gasteiger partial charge in [0.15, 0.2) is 0 Å². The second-order valence-electron chi connectivity index (χ2n) is 5.32. The fourth-order valence-electron chi connectivity index (χ4n) is 2.63. The van der Waals surface area contributed by atoms with Gasteiger partial charge in [0.2, 0.25) is 5.95 Å². The summed E-state index contributed by atoms with van der Waals surface area (Å²) in [6.45, 7) is 3.99. The highest BCUT2D eigenvalue weighted by molar-refractivity contribution is 5.61. The zero-order valence-electron chi connectivity index (χ0n) is 12.4. The lowest BCUT2D eigenvalue weighted by molar-refractivity contribution is 0.616. The topological polar surface area (TPSA) is 95.7 Å². The summed E-state index contributed by atoms with van der Waals surface area (Å²) in [6, 6.07) is 4.48. The van der Waals surface area contributed by atoms with E-state index in [0.29, 0.717) is 12.0 Å². The molecule has 0 radical (unpaired) electrons. The average Bonchev–Trinajstić information content (AvgIpc) is 3.15. The van der Waals surface area contributed by atoms with Gasteiger partial charge in [-0.3, -0.25) is 5.10 Å². The van der Waals surface area contributed by atoms with E-state index in [-0.39, 0.29) is 0 Å². The molecule has 3 rings (SSSR count). The average molecular weight is 287 g/mol. The minimum absolute atomic E-state index is 0.294. The first-order valence-corrected chi connectivity index (χ1v) is 7.31. The molecule has 112 valence electrons. The summed E-state index contributed by atoms with van der Waals surface area (Å²) in [5, 5.41) is 10.6. The van der Waals surface area contributed by atoms with Crippen LogP contribution in [0.2, 0.25) is 0 Å². The van der Waals surface area contributed by atoms with Gasteiger partial charge in [-0.05, 0) is 26.0 Å². The summed E-state index contributed by atoms with van der Waals surface area (Å²) in [4.78, 5) is 10.9. The van der Waals surface area contributed by atoms with E-state index in [1.807, 2.05) is 19.2 Å². The molecule has 0 spiro atoms. The lowest BCUT2D eigenvalue weighted by Crippen LogP contribution is -2.30. The summed E-state index contributed by atoms with van der Waals surface area (Å²) in [5.41, 5.74) is 8.56. The first-order chi connectivity index (χ1) is 10.2. The van der Waals surface area contributed by atoms with E-state index in [0.717, 1.165) is 48.8 Å². The quantitative estimate of drug-likeness (QED) is 0.770. The number of anilines is 2. The van der Waals surface area contributed by atoms with E-state index in [2.05, 4.69) is 37.3 Å². The zero-order chi connectivity index (χ0) is 14.8. The Morgan fingerprint density at radius 2 is 2.29 bits per heavy atom. The van der Waals surface area contributed by atoms with Crippen molar-refractivity contribution in [3.63, 3.8) is 0 Å². The molecule has 7 heteroatoms. The number of hydrogen-bond donors (Lipinski definition) is 3. The largest absolute Gasteiger partial charge is 0.368 e. The predicted octanol–water partition coefficient (Wildman–Crippen LogP) is 0.809. The predicted molar refractivity (Wildman–Crippen MR) is 83.1 cm³/mol. The number of nitrogens with two attached hydrogens (primary N) is 1. The number of nitrogens with zero attached hydrogens (tertiary/aromatic N) is 4. The molecule has 21 heavy (non-hydrogen) atoms. The van der Waals surface area contributed by atoms with Crippen LogP contribution in [-0.4, -0.2) is 46.3 Å². The van der Waals surface area contributed by atoms with Crippen LogP contribution in [0.5, 0.6) is 0 Å². The summed E-state index contributed by atoms with van der Waals surface area (Å²) in [5.74, 6) is 1.17. The molecule has 3 heterocycles. The van der Waals surface area contributed by atoms with Crippen LogP contribution < -0.4 is 16.0 Å². The molecule has 1 fully saturated rings. The fourth-order valence-corrected chi connectivity index (χ4v) is 2.63. The maximum atomic E-state index is 5.87. The maximum absolute atomic E-state index is 5.87. The summed E-state index contributed by atoms with van der Waals surface area (Å²) < 4.78 is 0. The second-order valence-corrected chi connectivity index (χ2v) is 5.32. The second kappa shape index (κ2) is 5.69. The third-order valence-electron chi connectivity index (χ3n) is 3.92. The van der Waals surface area contributed by atoms with Gasteiger partial charge in [-0.2, -0.15) is 10.1 Å². The standard InChI is InChI=1S/C14H21N7/c1-3-9-6-12(20-19-9)11-7-13(18-14(15)17-11)21-5-4-10(8-21)16-2/h6-7,10,16H,3-5,8H2,1-2H3,(H,19,20)(H2,15,17,18)/t10-/m1/s1. The Bertz CT molecular complexity index is 622. The van der Waals surface area contributed by atoms with Crippen molar-refractivity contribution in [2.45, 2.75) is 25.8 Å². The monoisotopic (exact) mass is 287 g/mol. The Kier molecular flexibility index (Phi) is 3.74. The SMILES string of the molecule is CCc1cc(-c2cc(N3CC[C@@H](NC)C3)nc(N)n2)[nH]n1. The van der Waals surface area contributed by atoms with E-state index >= 15 is 0 Å². The molecule has 0 unspecified atom stereocenters. The Morgan fingerprint density at radius 3 is 2.95 bits per heavy atom. The summed E-state index contributed by atoms with van der Waals surface area (Å²) in [6.07, 6.45) is 2.00. The lowest BCUT2D eigenvalue weighted by Gasteiger charge is -2.18. The normalized spacial score (nSPS) is 18.4. The summed E-state index contributed by atoms with van der Waals surface area (Å²) >= 11 is 0. The van der Waals surface area contributed by atoms with Crippen LogP contribution in [0.1, 0.15) is 19.0 Å². The minimum atomic E-state index is 0.294. The van der Waals surface area contributed by atoms with Crippen molar-refractivity contribution >= 4 is 11.8 Å². The fraction of sp³-hybridized carbons (Fsp3) is 0.500. The molecular formula is C14H21N7. The van der Waals surface area contributed by atoms with Gasteiger partial charge in [0.05, 0.1) is 17.1 Å². The van der Waals surface area contributed by atoms with Crippen molar-refractivity contribution < 1.29 is 0 Å². The van der Waals surface area contributed by atoms with Gasteiger partial charge in [-0.25, -0.2) is 4.98 Å². The number of nitrogens with one attached hydrogen (secondary N) is 2. The molecule has 0 amide bonds. The molecular weight excluding hydrogens is 266 g/mol. The molecule has 1 aliphatic rings. The third kappa shape index (κ3) is 2.82. The molecule has 0 bridgehead atoms. The highest BCUT2D eigenvalue weighted by Crippen LogP contribution is 2.24. The van der Waals surface area contributed by atoms with Gasteiger partial charge in [0.1, 0.15) is 5.82 Å². The Morgan fingerprint density at radius 1 is 1.43 bits per heavy atom. The minimum Gasteiger partial charge on any atom is -0.368 e. The number of aryl methyl sites for hydroxylation is 1. The van der Waals surface area contributed by atoms with Gasteiger partial charge in [-0.1, -0.05) is 6.92 Å². The number of likely N-dealkylation sites (N-methyl/N-ethyl adjacent to an activating group) is 1. The van der Waals surface area contributed by atoms with E-state index in [4.69, 9.17) is 5.73 Å². The van der Waals surface area contributed by atoms with E-state index in [9.17, 15) is 0 Å². The number of rotatable bonds is 4. The molecule has 4 N–H and O–H groups in total. The molecule has 0 saturated carbocycles. The highest BCUT2D eigenvalue weighted by atomic mass is 15.2. The Balaban J connectivity index is 1.89. The molecule has 1 aliphatic heterocycles. The van der Waals surface area contributed by atoms with E-state index < -0.39 is 0 Å². The molecule has 0 aromatic carbocycles. The molecule has 1 saturated heterocycles. The van der Waals surface area contributed by atoms with Crippen LogP contribution in [0.4, 0.5) is 11.8 Å². The number of aromatic amines is 1. The van der Waals surface area contributed by atoms with Gasteiger partial charge < -0.3 is 16.0 Å². The van der Waals surface area contributed by atoms with Gasteiger partial charge in [0, 0.05) is 25.2 Å². The number of aromatic nitrogens is 4. The first-order valence-electron chi connectivity index (χ1n) is 7.31. The zero-order valence-corrected chi connectivity index (χ0v) is 12.4.